The number of piperazine rings is 1. The molecule has 2 aromatic rings. The van der Waals surface area contributed by atoms with Gasteiger partial charge in [0.2, 0.25) is 5.91 Å². The van der Waals surface area contributed by atoms with Crippen molar-refractivity contribution >= 4 is 29.0 Å². The highest BCUT2D eigenvalue weighted by Crippen LogP contribution is 2.24. The molecule has 136 valence electrons. The summed E-state index contributed by atoms with van der Waals surface area (Å²) in [6, 6.07) is 14.9. The molecule has 0 radical (unpaired) electrons. The molecule has 1 atom stereocenters. The maximum Gasteiger partial charge on any atom is 0.238 e. The zero-order chi connectivity index (χ0) is 18.5. The van der Waals surface area contributed by atoms with E-state index >= 15 is 0 Å². The van der Waals surface area contributed by atoms with E-state index in [9.17, 15) is 9.59 Å². The molecular weight excluding hydrogens is 350 g/mol. The molecular formula is C20H22ClN3O2. The van der Waals surface area contributed by atoms with Gasteiger partial charge in [-0.25, -0.2) is 0 Å². The van der Waals surface area contributed by atoms with Crippen LogP contribution in [-0.2, 0) is 4.79 Å². The van der Waals surface area contributed by atoms with Crippen LogP contribution in [0.25, 0.3) is 0 Å². The van der Waals surface area contributed by atoms with Gasteiger partial charge in [-0.2, -0.15) is 0 Å². The highest BCUT2D eigenvalue weighted by Gasteiger charge is 2.26. The monoisotopic (exact) mass is 371 g/mol. The van der Waals surface area contributed by atoms with E-state index in [0.29, 0.717) is 16.3 Å². The van der Waals surface area contributed by atoms with Gasteiger partial charge in [0.05, 0.1) is 12.2 Å². The summed E-state index contributed by atoms with van der Waals surface area (Å²) < 4.78 is 0. The van der Waals surface area contributed by atoms with E-state index in [1.54, 1.807) is 18.2 Å². The van der Waals surface area contributed by atoms with Gasteiger partial charge in [-0.1, -0.05) is 35.9 Å². The van der Waals surface area contributed by atoms with Crippen molar-refractivity contribution in [2.24, 2.45) is 0 Å². The number of Topliss-reactive ketones (excluding diaryl/α,β-unsaturated/α-hetero) is 1. The van der Waals surface area contributed by atoms with Crippen molar-refractivity contribution in [3.63, 3.8) is 0 Å². The van der Waals surface area contributed by atoms with Gasteiger partial charge < -0.3 is 10.6 Å². The molecule has 1 fully saturated rings. The third-order valence-corrected chi connectivity index (χ3v) is 4.75. The Labute approximate surface area is 158 Å². The van der Waals surface area contributed by atoms with Crippen LogP contribution in [0.15, 0.2) is 48.5 Å². The van der Waals surface area contributed by atoms with Crippen LogP contribution < -0.4 is 10.6 Å². The van der Waals surface area contributed by atoms with Gasteiger partial charge in [-0.15, -0.1) is 0 Å². The van der Waals surface area contributed by atoms with Crippen molar-refractivity contribution in [2.45, 2.75) is 13.0 Å². The molecule has 1 unspecified atom stereocenters. The van der Waals surface area contributed by atoms with Gasteiger partial charge in [0, 0.05) is 36.3 Å². The molecule has 0 spiro atoms. The van der Waals surface area contributed by atoms with Gasteiger partial charge in [0.1, 0.15) is 0 Å². The van der Waals surface area contributed by atoms with Crippen molar-refractivity contribution in [1.82, 2.24) is 10.2 Å². The number of nitrogens with zero attached hydrogens (tertiary/aromatic N) is 1. The molecule has 3 rings (SSSR count). The predicted molar refractivity (Wildman–Crippen MR) is 104 cm³/mol. The van der Waals surface area contributed by atoms with Crippen LogP contribution in [0.5, 0.6) is 0 Å². The normalized spacial score (nSPS) is 17.7. The molecule has 5 nitrogen and oxygen atoms in total. The Balaban J connectivity index is 1.72. The van der Waals surface area contributed by atoms with Crippen LogP contribution in [0.2, 0.25) is 5.02 Å². The van der Waals surface area contributed by atoms with E-state index in [2.05, 4.69) is 15.5 Å². The zero-order valence-electron chi connectivity index (χ0n) is 14.7. The van der Waals surface area contributed by atoms with Crippen molar-refractivity contribution in [2.75, 3.05) is 31.5 Å². The van der Waals surface area contributed by atoms with Crippen LogP contribution in [0, 0.1) is 0 Å². The van der Waals surface area contributed by atoms with Crippen LogP contribution >= 0.6 is 11.6 Å². The van der Waals surface area contributed by atoms with E-state index in [0.717, 1.165) is 25.2 Å². The minimum Gasteiger partial charge on any atom is -0.324 e. The lowest BCUT2D eigenvalue weighted by Crippen LogP contribution is -2.48. The minimum absolute atomic E-state index is 0.0696. The molecule has 1 aliphatic rings. The Morgan fingerprint density at radius 2 is 2.04 bits per heavy atom. The van der Waals surface area contributed by atoms with Crippen molar-refractivity contribution in [3.8, 4) is 0 Å². The second-order valence-electron chi connectivity index (χ2n) is 6.40. The van der Waals surface area contributed by atoms with Crippen LogP contribution in [0.1, 0.15) is 28.9 Å². The number of hydrogen-bond acceptors (Lipinski definition) is 4. The molecule has 1 saturated heterocycles. The Hall–Kier alpha value is -2.21. The van der Waals surface area contributed by atoms with E-state index < -0.39 is 0 Å². The number of rotatable bonds is 5. The number of carbonyl (C=O) groups excluding carboxylic acids is 2. The van der Waals surface area contributed by atoms with Crippen LogP contribution in [0.3, 0.4) is 0 Å². The molecule has 0 aromatic heterocycles. The largest absolute Gasteiger partial charge is 0.324 e. The molecule has 26 heavy (non-hydrogen) atoms. The van der Waals surface area contributed by atoms with Crippen molar-refractivity contribution < 1.29 is 9.59 Å². The molecule has 1 amide bonds. The van der Waals surface area contributed by atoms with Crippen molar-refractivity contribution in [1.29, 1.82) is 0 Å². The van der Waals surface area contributed by atoms with Gasteiger partial charge in [0.15, 0.2) is 5.78 Å². The lowest BCUT2D eigenvalue weighted by molar-refractivity contribution is -0.118. The highest BCUT2D eigenvalue weighted by molar-refractivity contribution is 6.30. The van der Waals surface area contributed by atoms with Gasteiger partial charge in [-0.3, -0.25) is 14.5 Å². The molecule has 2 aromatic carbocycles. The number of anilines is 1. The first-order chi connectivity index (χ1) is 12.5. The maximum absolute atomic E-state index is 12.6. The summed E-state index contributed by atoms with van der Waals surface area (Å²) in [6.45, 7) is 4.10. The second-order valence-corrected chi connectivity index (χ2v) is 6.83. The SMILES string of the molecule is CC(=O)c1ccccc1NC(=O)CN1CCNCC1c1cccc(Cl)c1. The lowest BCUT2D eigenvalue weighted by atomic mass is 10.0. The van der Waals surface area contributed by atoms with E-state index in [1.807, 2.05) is 30.3 Å². The summed E-state index contributed by atoms with van der Waals surface area (Å²) >= 11 is 6.12. The molecule has 0 bridgehead atoms. The van der Waals surface area contributed by atoms with Crippen LogP contribution in [0.4, 0.5) is 5.69 Å². The Bertz CT molecular complexity index is 809. The van der Waals surface area contributed by atoms with E-state index in [1.165, 1.54) is 6.92 Å². The average molecular weight is 372 g/mol. The topological polar surface area (TPSA) is 61.4 Å². The number of nitrogens with one attached hydrogen (secondary N) is 2. The number of halogens is 1. The third-order valence-electron chi connectivity index (χ3n) is 4.51. The number of ketones is 1. The fourth-order valence-electron chi connectivity index (χ4n) is 3.25. The number of hydrogen-bond donors (Lipinski definition) is 2. The average Bonchev–Trinajstić information content (AvgIpc) is 2.62. The summed E-state index contributed by atoms with van der Waals surface area (Å²) in [5.41, 5.74) is 2.16. The van der Waals surface area contributed by atoms with Crippen LogP contribution in [-0.4, -0.2) is 42.8 Å². The molecule has 1 heterocycles. The number of para-hydroxylation sites is 1. The summed E-state index contributed by atoms with van der Waals surface area (Å²) in [6.07, 6.45) is 0. The summed E-state index contributed by atoms with van der Waals surface area (Å²) in [5, 5.41) is 6.93. The maximum atomic E-state index is 12.6. The Morgan fingerprint density at radius 3 is 2.81 bits per heavy atom. The third kappa shape index (κ3) is 4.49. The molecule has 1 aliphatic heterocycles. The molecule has 6 heteroatoms. The number of benzene rings is 2. The second kappa shape index (κ2) is 8.45. The zero-order valence-corrected chi connectivity index (χ0v) is 15.4. The predicted octanol–water partition coefficient (Wildman–Crippen LogP) is 3.13. The van der Waals surface area contributed by atoms with Gasteiger partial charge in [0.25, 0.3) is 0 Å². The quantitative estimate of drug-likeness (QED) is 0.793. The van der Waals surface area contributed by atoms with E-state index in [4.69, 9.17) is 11.6 Å². The smallest absolute Gasteiger partial charge is 0.238 e. The number of amides is 1. The summed E-state index contributed by atoms with van der Waals surface area (Å²) in [4.78, 5) is 26.4. The van der Waals surface area contributed by atoms with E-state index in [-0.39, 0.29) is 24.3 Å². The standard InChI is InChI=1S/C20H22ClN3O2/c1-14(25)17-7-2-3-8-18(17)23-20(26)13-24-10-9-22-12-19(24)15-5-4-6-16(21)11-15/h2-8,11,19,22H,9-10,12-13H2,1H3,(H,23,26). The first-order valence-electron chi connectivity index (χ1n) is 8.64. The lowest BCUT2D eigenvalue weighted by Gasteiger charge is -2.36. The molecule has 2 N–H and O–H groups in total. The Morgan fingerprint density at radius 1 is 1.23 bits per heavy atom. The molecule has 0 saturated carbocycles. The fraction of sp³-hybridized carbons (Fsp3) is 0.300. The van der Waals surface area contributed by atoms with Gasteiger partial charge >= 0.3 is 0 Å². The number of carbonyl (C=O) groups is 2. The first kappa shape index (κ1) is 18.6. The summed E-state index contributed by atoms with van der Waals surface area (Å²) in [7, 11) is 0. The van der Waals surface area contributed by atoms with Crippen molar-refractivity contribution in [3.05, 3.63) is 64.7 Å². The molecule has 0 aliphatic carbocycles. The highest BCUT2D eigenvalue weighted by atomic mass is 35.5. The fourth-order valence-corrected chi connectivity index (χ4v) is 3.45. The summed E-state index contributed by atoms with van der Waals surface area (Å²) in [5.74, 6) is -0.201. The van der Waals surface area contributed by atoms with Gasteiger partial charge in [-0.05, 0) is 36.8 Å². The minimum atomic E-state index is -0.132. The Kier molecular flexibility index (Phi) is 6.04. The first-order valence-corrected chi connectivity index (χ1v) is 9.02.